The van der Waals surface area contributed by atoms with Crippen LogP contribution in [0.4, 0.5) is 5.69 Å². The van der Waals surface area contributed by atoms with Crippen molar-refractivity contribution in [3.63, 3.8) is 0 Å². The fourth-order valence-corrected chi connectivity index (χ4v) is 8.80. The highest BCUT2D eigenvalue weighted by Gasteiger charge is 2.41. The molecule has 1 aromatic heterocycles. The van der Waals surface area contributed by atoms with E-state index in [-0.39, 0.29) is 5.41 Å². The van der Waals surface area contributed by atoms with E-state index in [0.717, 1.165) is 6.42 Å². The molecule has 0 spiro atoms. The molecule has 0 bridgehead atoms. The Balaban J connectivity index is 1.09. The van der Waals surface area contributed by atoms with Crippen molar-refractivity contribution < 1.29 is 0 Å². The smallest absolute Gasteiger partial charge is 0.0586 e. The largest absolute Gasteiger partial charge is 0.367 e. The van der Waals surface area contributed by atoms with Crippen LogP contribution in [0.25, 0.3) is 60.5 Å². The molecule has 0 N–H and O–H groups in total. The number of benzene rings is 6. The Kier molecular flexibility index (Phi) is 5.14. The molecule has 220 valence electrons. The number of rotatable bonds is 2. The normalized spacial score (nSPS) is 17.5. The zero-order valence-electron chi connectivity index (χ0n) is 26.4. The number of allylic oxidation sites excluding steroid dienone is 2. The second-order valence-electron chi connectivity index (χ2n) is 13.8. The predicted octanol–water partition coefficient (Wildman–Crippen LogP) is 10.9. The van der Waals surface area contributed by atoms with E-state index in [1.54, 1.807) is 0 Å². The van der Waals surface area contributed by atoms with E-state index in [0.29, 0.717) is 6.04 Å². The number of likely N-dealkylation sites (N-methyl/N-ethyl adjacent to an activating group) is 1. The molecule has 1 atom stereocenters. The zero-order chi connectivity index (χ0) is 30.7. The molecule has 2 nitrogen and oxygen atoms in total. The van der Waals surface area contributed by atoms with Crippen LogP contribution in [0.3, 0.4) is 0 Å². The minimum absolute atomic E-state index is 0.107. The van der Waals surface area contributed by atoms with Crippen molar-refractivity contribution >= 4 is 49.4 Å². The summed E-state index contributed by atoms with van der Waals surface area (Å²) in [6.45, 7) is 4.81. The Hall–Kier alpha value is -5.34. The number of anilines is 1. The highest BCUT2D eigenvalue weighted by molar-refractivity contribution is 6.09. The summed E-state index contributed by atoms with van der Waals surface area (Å²) in [7, 11) is 2.29. The van der Waals surface area contributed by atoms with Crippen LogP contribution in [0.2, 0.25) is 0 Å². The van der Waals surface area contributed by atoms with Crippen LogP contribution in [-0.2, 0) is 5.41 Å². The molecule has 2 heteroatoms. The van der Waals surface area contributed by atoms with Crippen LogP contribution in [0.5, 0.6) is 0 Å². The molecule has 46 heavy (non-hydrogen) atoms. The topological polar surface area (TPSA) is 8.17 Å². The molecule has 0 radical (unpaired) electrons. The fraction of sp³-hybridized carbons (Fsp3) is 0.136. The lowest BCUT2D eigenvalue weighted by Crippen LogP contribution is -2.28. The Morgan fingerprint density at radius 3 is 2.04 bits per heavy atom. The van der Waals surface area contributed by atoms with Crippen LogP contribution in [0.1, 0.15) is 42.5 Å². The van der Waals surface area contributed by atoms with Gasteiger partial charge in [-0.15, -0.1) is 0 Å². The van der Waals surface area contributed by atoms with Crippen molar-refractivity contribution in [1.29, 1.82) is 0 Å². The van der Waals surface area contributed by atoms with E-state index in [2.05, 4.69) is 164 Å². The maximum atomic E-state index is 2.52. The van der Waals surface area contributed by atoms with Crippen LogP contribution in [0.15, 0.2) is 133 Å². The van der Waals surface area contributed by atoms with Crippen LogP contribution < -0.4 is 4.90 Å². The molecule has 3 aliphatic rings. The van der Waals surface area contributed by atoms with E-state index in [4.69, 9.17) is 0 Å². The van der Waals surface area contributed by atoms with Gasteiger partial charge in [-0.05, 0) is 92.6 Å². The lowest BCUT2D eigenvalue weighted by Gasteiger charge is -2.27. The second kappa shape index (κ2) is 9.11. The predicted molar refractivity (Wildman–Crippen MR) is 195 cm³/mol. The quantitative estimate of drug-likeness (QED) is 0.194. The lowest BCUT2D eigenvalue weighted by atomic mass is 9.80. The molecule has 1 aliphatic heterocycles. The molecule has 0 saturated heterocycles. The van der Waals surface area contributed by atoms with Gasteiger partial charge in [0.1, 0.15) is 0 Å². The molecular weight excluding hydrogens is 556 g/mol. The van der Waals surface area contributed by atoms with Crippen molar-refractivity contribution in [1.82, 2.24) is 4.57 Å². The van der Waals surface area contributed by atoms with E-state index >= 15 is 0 Å². The van der Waals surface area contributed by atoms with Crippen molar-refractivity contribution in [2.45, 2.75) is 31.7 Å². The summed E-state index contributed by atoms with van der Waals surface area (Å²) >= 11 is 0. The first-order valence-corrected chi connectivity index (χ1v) is 16.4. The number of para-hydroxylation sites is 2. The van der Waals surface area contributed by atoms with Gasteiger partial charge in [0.2, 0.25) is 0 Å². The van der Waals surface area contributed by atoms with Crippen LogP contribution >= 0.6 is 0 Å². The van der Waals surface area contributed by atoms with Crippen LogP contribution in [0, 0.1) is 0 Å². The third-order valence-corrected chi connectivity index (χ3v) is 11.1. The minimum atomic E-state index is -0.107. The minimum Gasteiger partial charge on any atom is -0.367 e. The fourth-order valence-electron chi connectivity index (χ4n) is 8.80. The number of hydrogen-bond donors (Lipinski definition) is 0. The van der Waals surface area contributed by atoms with Gasteiger partial charge in [0.05, 0.1) is 17.1 Å². The maximum Gasteiger partial charge on any atom is 0.0586 e. The van der Waals surface area contributed by atoms with Crippen molar-refractivity contribution in [3.05, 3.63) is 156 Å². The summed E-state index contributed by atoms with van der Waals surface area (Å²) in [5.41, 5.74) is 16.2. The monoisotopic (exact) mass is 590 g/mol. The van der Waals surface area contributed by atoms with Gasteiger partial charge >= 0.3 is 0 Å². The van der Waals surface area contributed by atoms with Crippen molar-refractivity contribution in [3.8, 4) is 16.8 Å². The molecule has 0 fully saturated rings. The standard InChI is InChI=1S/C44H34N2/c1-44(2)38-24-29(46-40-17-8-6-14-33(40)34-15-7-9-18-41(34)46)20-22-32(38)36-26-43-37(25-39(36)44)35-21-19-28(23-42(35)45(43)3)31-16-10-12-27-11-4-5-13-30(27)31/h4-22,24-26,42H,23H2,1-3H3. The van der Waals surface area contributed by atoms with E-state index in [9.17, 15) is 0 Å². The van der Waals surface area contributed by atoms with E-state index in [1.165, 1.54) is 88.5 Å². The first-order valence-electron chi connectivity index (χ1n) is 16.4. The molecule has 2 heterocycles. The van der Waals surface area contributed by atoms with Gasteiger partial charge in [0, 0.05) is 40.2 Å². The summed E-state index contributed by atoms with van der Waals surface area (Å²) < 4.78 is 2.44. The molecular formula is C44H34N2. The maximum absolute atomic E-state index is 2.52. The summed E-state index contributed by atoms with van der Waals surface area (Å²) in [6, 6.07) is 45.5. The molecule has 2 aliphatic carbocycles. The van der Waals surface area contributed by atoms with Crippen LogP contribution in [-0.4, -0.2) is 17.7 Å². The first-order chi connectivity index (χ1) is 22.5. The first kappa shape index (κ1) is 25.9. The Morgan fingerprint density at radius 2 is 1.26 bits per heavy atom. The lowest BCUT2D eigenvalue weighted by molar-refractivity contribution is 0.660. The van der Waals surface area contributed by atoms with Gasteiger partial charge in [-0.25, -0.2) is 0 Å². The summed E-state index contributed by atoms with van der Waals surface area (Å²) in [4.78, 5) is 2.52. The van der Waals surface area contributed by atoms with Gasteiger partial charge in [0.15, 0.2) is 0 Å². The highest BCUT2D eigenvalue weighted by atomic mass is 15.2. The molecule has 7 aromatic rings. The van der Waals surface area contributed by atoms with E-state index in [1.807, 2.05) is 0 Å². The average molecular weight is 591 g/mol. The average Bonchev–Trinajstić information content (AvgIpc) is 3.66. The van der Waals surface area contributed by atoms with Crippen molar-refractivity contribution in [2.75, 3.05) is 11.9 Å². The number of nitrogens with zero attached hydrogens (tertiary/aromatic N) is 2. The van der Waals surface area contributed by atoms with Gasteiger partial charge in [-0.3, -0.25) is 0 Å². The van der Waals surface area contributed by atoms with E-state index < -0.39 is 0 Å². The Morgan fingerprint density at radius 1 is 0.587 bits per heavy atom. The van der Waals surface area contributed by atoms with Gasteiger partial charge < -0.3 is 9.47 Å². The third kappa shape index (κ3) is 3.36. The van der Waals surface area contributed by atoms with Gasteiger partial charge in [0.25, 0.3) is 0 Å². The van der Waals surface area contributed by atoms with Crippen molar-refractivity contribution in [2.24, 2.45) is 0 Å². The second-order valence-corrected chi connectivity index (χ2v) is 13.8. The summed E-state index contributed by atoms with van der Waals surface area (Å²) in [5, 5.41) is 5.24. The Bertz CT molecular complexity index is 2440. The zero-order valence-corrected chi connectivity index (χ0v) is 26.4. The molecule has 10 rings (SSSR count). The van der Waals surface area contributed by atoms with Gasteiger partial charge in [-0.1, -0.05) is 111 Å². The van der Waals surface area contributed by atoms with Gasteiger partial charge in [-0.2, -0.15) is 0 Å². The molecule has 1 unspecified atom stereocenters. The molecule has 6 aromatic carbocycles. The number of aromatic nitrogens is 1. The Labute approximate surface area is 269 Å². The summed E-state index contributed by atoms with van der Waals surface area (Å²) in [5.74, 6) is 0. The molecule has 0 amide bonds. The third-order valence-electron chi connectivity index (χ3n) is 11.1. The number of hydrogen-bond acceptors (Lipinski definition) is 1. The summed E-state index contributed by atoms with van der Waals surface area (Å²) in [6.07, 6.45) is 5.79. The molecule has 0 saturated carbocycles. The SMILES string of the molecule is CN1c2cc3c(cc2C2=CC=C(c4cccc5ccccc45)CC21)C(C)(C)c1cc(-n2c4ccccc4c4ccccc42)ccc1-3. The highest BCUT2D eigenvalue weighted by Crippen LogP contribution is 2.55. The number of fused-ring (bicyclic) bond motifs is 10.